The van der Waals surface area contributed by atoms with Crippen LogP contribution in [-0.4, -0.2) is 68.2 Å². The first-order chi connectivity index (χ1) is 14.1. The van der Waals surface area contributed by atoms with Gasteiger partial charge in [0.1, 0.15) is 12.1 Å². The zero-order valence-electron chi connectivity index (χ0n) is 18.7. The first-order valence-electron chi connectivity index (χ1n) is 10.4. The summed E-state index contributed by atoms with van der Waals surface area (Å²) < 4.78 is 5.39. The third kappa shape index (κ3) is 9.47. The van der Waals surface area contributed by atoms with Crippen molar-refractivity contribution in [2.75, 3.05) is 33.7 Å². The van der Waals surface area contributed by atoms with E-state index in [-0.39, 0.29) is 18.5 Å². The van der Waals surface area contributed by atoms with Crippen LogP contribution in [0.3, 0.4) is 0 Å². The Morgan fingerprint density at radius 3 is 2.60 bits per heavy atom. The van der Waals surface area contributed by atoms with E-state index in [1.807, 2.05) is 26.8 Å². The zero-order valence-corrected chi connectivity index (χ0v) is 19.5. The molecule has 0 bridgehead atoms. The summed E-state index contributed by atoms with van der Waals surface area (Å²) in [5.74, 6) is 0.930. The molecule has 0 saturated heterocycles. The van der Waals surface area contributed by atoms with Gasteiger partial charge in [0.05, 0.1) is 6.04 Å². The van der Waals surface area contributed by atoms with E-state index in [2.05, 4.69) is 32.4 Å². The second-order valence-electron chi connectivity index (χ2n) is 8.68. The minimum Gasteiger partial charge on any atom is -0.444 e. The van der Waals surface area contributed by atoms with E-state index >= 15 is 0 Å². The summed E-state index contributed by atoms with van der Waals surface area (Å²) >= 11 is 1.72. The first-order valence-corrected chi connectivity index (χ1v) is 11.3. The molecule has 1 fully saturated rings. The molecular weight excluding hydrogens is 402 g/mol. The number of nitrogens with zero attached hydrogens (tertiary/aromatic N) is 2. The van der Waals surface area contributed by atoms with Gasteiger partial charge in [-0.25, -0.2) is 9.79 Å². The molecule has 3 N–H and O–H groups in total. The predicted octanol–water partition coefficient (Wildman–Crippen LogP) is 2.22. The van der Waals surface area contributed by atoms with Crippen LogP contribution in [0.1, 0.15) is 38.5 Å². The summed E-state index contributed by atoms with van der Waals surface area (Å²) in [5, 5.41) is 11.6. The highest BCUT2D eigenvalue weighted by Gasteiger charge is 2.33. The van der Waals surface area contributed by atoms with Crippen LogP contribution in [0.5, 0.6) is 0 Å². The molecule has 1 heterocycles. The molecule has 1 saturated carbocycles. The van der Waals surface area contributed by atoms with Crippen molar-refractivity contribution in [3.05, 3.63) is 22.4 Å². The average Bonchev–Trinajstić information content (AvgIpc) is 3.36. The molecule has 1 aliphatic carbocycles. The molecule has 168 valence electrons. The van der Waals surface area contributed by atoms with Crippen molar-refractivity contribution in [1.29, 1.82) is 0 Å². The summed E-state index contributed by atoms with van der Waals surface area (Å²) in [4.78, 5) is 31.3. The third-order valence-electron chi connectivity index (χ3n) is 4.50. The Morgan fingerprint density at radius 2 is 2.03 bits per heavy atom. The van der Waals surface area contributed by atoms with Crippen molar-refractivity contribution in [3.63, 3.8) is 0 Å². The van der Waals surface area contributed by atoms with Gasteiger partial charge in [-0.15, -0.1) is 11.3 Å². The molecule has 0 spiro atoms. The Bertz CT molecular complexity index is 709. The first kappa shape index (κ1) is 24.0. The van der Waals surface area contributed by atoms with Gasteiger partial charge in [0.2, 0.25) is 5.91 Å². The van der Waals surface area contributed by atoms with Crippen LogP contribution in [-0.2, 0) is 16.0 Å². The summed E-state index contributed by atoms with van der Waals surface area (Å²) in [6.07, 6.45) is 2.63. The molecule has 0 aromatic carbocycles. The van der Waals surface area contributed by atoms with E-state index in [1.54, 1.807) is 25.4 Å². The van der Waals surface area contributed by atoms with Gasteiger partial charge in [-0.1, -0.05) is 6.07 Å². The van der Waals surface area contributed by atoms with E-state index < -0.39 is 11.7 Å². The number of alkyl carbamates (subject to hydrolysis) is 1. The Labute approximate surface area is 183 Å². The van der Waals surface area contributed by atoms with Gasteiger partial charge < -0.3 is 25.6 Å². The fourth-order valence-electron chi connectivity index (χ4n) is 2.72. The highest BCUT2D eigenvalue weighted by molar-refractivity contribution is 7.09. The van der Waals surface area contributed by atoms with Crippen molar-refractivity contribution < 1.29 is 14.3 Å². The predicted molar refractivity (Wildman–Crippen MR) is 121 cm³/mol. The number of aliphatic imine (C=N–C) groups is 1. The largest absolute Gasteiger partial charge is 0.444 e. The van der Waals surface area contributed by atoms with E-state index in [0.717, 1.165) is 19.3 Å². The minimum atomic E-state index is -0.534. The van der Waals surface area contributed by atoms with Crippen molar-refractivity contribution in [2.45, 2.75) is 51.7 Å². The molecule has 1 aliphatic rings. The lowest BCUT2D eigenvalue weighted by Crippen LogP contribution is -2.49. The van der Waals surface area contributed by atoms with Gasteiger partial charge >= 0.3 is 6.09 Å². The molecule has 9 heteroatoms. The fourth-order valence-corrected chi connectivity index (χ4v) is 3.43. The quantitative estimate of drug-likeness (QED) is 0.407. The number of carbonyl (C=O) groups excluding carboxylic acids is 2. The molecule has 8 nitrogen and oxygen atoms in total. The smallest absolute Gasteiger partial charge is 0.407 e. The van der Waals surface area contributed by atoms with Crippen LogP contribution in [0.2, 0.25) is 0 Å². The molecule has 1 unspecified atom stereocenters. The fraction of sp³-hybridized carbons (Fsp3) is 0.667. The van der Waals surface area contributed by atoms with Crippen molar-refractivity contribution in [1.82, 2.24) is 20.9 Å². The van der Waals surface area contributed by atoms with Crippen molar-refractivity contribution >= 4 is 29.3 Å². The summed E-state index contributed by atoms with van der Waals surface area (Å²) in [5.41, 5.74) is -0.534. The molecule has 1 atom stereocenters. The van der Waals surface area contributed by atoms with Gasteiger partial charge in [0, 0.05) is 32.1 Å². The minimum absolute atomic E-state index is 0.0475. The standard InChI is InChI=1S/C21H35N5O3S/c1-21(2,3)29-20(28)25-17(15-8-9-15)13-23-19(24-14-18(27)26(4)5)22-11-10-16-7-6-12-30-16/h6-7,12,15,17H,8-11,13-14H2,1-5H3,(H,25,28)(H2,22,23,24). The molecule has 1 aromatic rings. The number of hydrogen-bond donors (Lipinski definition) is 3. The Hall–Kier alpha value is -2.29. The number of ether oxygens (including phenoxy) is 1. The molecule has 1 aromatic heterocycles. The monoisotopic (exact) mass is 437 g/mol. The lowest BCUT2D eigenvalue weighted by atomic mass is 10.2. The summed E-state index contributed by atoms with van der Waals surface area (Å²) in [7, 11) is 3.42. The SMILES string of the molecule is CN(C)C(=O)CN=C(NCCc1cccs1)NCC(NC(=O)OC(C)(C)C)C1CC1. The normalized spacial score (nSPS) is 15.3. The second-order valence-corrected chi connectivity index (χ2v) is 9.71. The number of hydrogen-bond acceptors (Lipinski definition) is 5. The highest BCUT2D eigenvalue weighted by atomic mass is 32.1. The maximum atomic E-state index is 12.2. The molecule has 0 aliphatic heterocycles. The van der Waals surface area contributed by atoms with E-state index in [0.29, 0.717) is 25.0 Å². The topological polar surface area (TPSA) is 95.1 Å². The zero-order chi connectivity index (χ0) is 22.1. The summed E-state index contributed by atoms with van der Waals surface area (Å²) in [6.45, 7) is 6.83. The number of amides is 2. The van der Waals surface area contributed by atoms with Gasteiger partial charge in [-0.05, 0) is 57.4 Å². The van der Waals surface area contributed by atoms with Gasteiger partial charge in [0.15, 0.2) is 5.96 Å². The number of nitrogens with one attached hydrogen (secondary N) is 3. The van der Waals surface area contributed by atoms with Crippen LogP contribution in [0, 0.1) is 5.92 Å². The van der Waals surface area contributed by atoms with Crippen LogP contribution in [0.15, 0.2) is 22.5 Å². The molecule has 2 rings (SSSR count). The number of carbonyl (C=O) groups is 2. The van der Waals surface area contributed by atoms with E-state index in [1.165, 1.54) is 9.78 Å². The van der Waals surface area contributed by atoms with E-state index in [4.69, 9.17) is 4.74 Å². The maximum absolute atomic E-state index is 12.2. The molecule has 0 radical (unpaired) electrons. The number of thiophene rings is 1. The van der Waals surface area contributed by atoms with Crippen LogP contribution >= 0.6 is 11.3 Å². The Kier molecular flexibility index (Phi) is 8.95. The Balaban J connectivity index is 1.91. The number of guanidine groups is 1. The highest BCUT2D eigenvalue weighted by Crippen LogP contribution is 2.32. The summed E-state index contributed by atoms with van der Waals surface area (Å²) in [6, 6.07) is 4.08. The lowest BCUT2D eigenvalue weighted by Gasteiger charge is -2.24. The van der Waals surface area contributed by atoms with Gasteiger partial charge in [-0.2, -0.15) is 0 Å². The average molecular weight is 438 g/mol. The van der Waals surface area contributed by atoms with Crippen LogP contribution < -0.4 is 16.0 Å². The van der Waals surface area contributed by atoms with Gasteiger partial charge in [-0.3, -0.25) is 4.79 Å². The number of rotatable bonds is 9. The van der Waals surface area contributed by atoms with Crippen LogP contribution in [0.25, 0.3) is 0 Å². The van der Waals surface area contributed by atoms with Crippen molar-refractivity contribution in [2.24, 2.45) is 10.9 Å². The maximum Gasteiger partial charge on any atom is 0.407 e. The van der Waals surface area contributed by atoms with Crippen LogP contribution in [0.4, 0.5) is 4.79 Å². The van der Waals surface area contributed by atoms with E-state index in [9.17, 15) is 9.59 Å². The van der Waals surface area contributed by atoms with Gasteiger partial charge in [0.25, 0.3) is 0 Å². The lowest BCUT2D eigenvalue weighted by molar-refractivity contribution is -0.127. The second kappa shape index (κ2) is 11.2. The molecular formula is C21H35N5O3S. The molecule has 30 heavy (non-hydrogen) atoms. The van der Waals surface area contributed by atoms with Crippen molar-refractivity contribution in [3.8, 4) is 0 Å². The molecule has 2 amide bonds. The third-order valence-corrected chi connectivity index (χ3v) is 5.43. The Morgan fingerprint density at radius 1 is 1.30 bits per heavy atom. The number of likely N-dealkylation sites (N-methyl/N-ethyl adjacent to an activating group) is 1.